The van der Waals surface area contributed by atoms with Gasteiger partial charge in [-0.1, -0.05) is 38.5 Å². The van der Waals surface area contributed by atoms with E-state index in [1.807, 2.05) is 4.68 Å². The second kappa shape index (κ2) is 6.94. The molecule has 0 bridgehead atoms. The quantitative estimate of drug-likeness (QED) is 0.831. The van der Waals surface area contributed by atoms with Crippen LogP contribution in [0.15, 0.2) is 6.20 Å². The molecule has 0 aliphatic heterocycles. The van der Waals surface area contributed by atoms with Gasteiger partial charge in [0.1, 0.15) is 0 Å². The van der Waals surface area contributed by atoms with Gasteiger partial charge in [0, 0.05) is 6.54 Å². The van der Waals surface area contributed by atoms with Crippen LogP contribution in [-0.4, -0.2) is 16.9 Å². The third-order valence-electron chi connectivity index (χ3n) is 4.28. The van der Waals surface area contributed by atoms with Crippen LogP contribution >= 0.6 is 0 Å². The summed E-state index contributed by atoms with van der Waals surface area (Å²) in [7, 11) is 1.69. The lowest BCUT2D eigenvalue weighted by molar-refractivity contribution is 0.363. The molecule has 1 unspecified atom stereocenters. The molecule has 108 valence electrons. The number of hydrogen-bond donors (Lipinski definition) is 1. The highest BCUT2D eigenvalue weighted by Gasteiger charge is 2.22. The molecule has 1 fully saturated rings. The Labute approximate surface area is 116 Å². The van der Waals surface area contributed by atoms with Crippen molar-refractivity contribution in [3.8, 4) is 5.75 Å². The molecule has 1 heterocycles. The van der Waals surface area contributed by atoms with Crippen LogP contribution in [0.25, 0.3) is 0 Å². The van der Waals surface area contributed by atoms with Crippen LogP contribution < -0.4 is 10.5 Å². The normalized spacial score (nSPS) is 19.1. The largest absolute Gasteiger partial charge is 0.493 e. The van der Waals surface area contributed by atoms with E-state index in [9.17, 15) is 0 Å². The maximum Gasteiger partial charge on any atom is 0.161 e. The number of ether oxygens (including phenoxy) is 1. The van der Waals surface area contributed by atoms with Crippen LogP contribution in [0.5, 0.6) is 5.75 Å². The number of nitrogens with zero attached hydrogens (tertiary/aromatic N) is 2. The Morgan fingerprint density at radius 2 is 2.05 bits per heavy atom. The minimum atomic E-state index is 0.0421. The van der Waals surface area contributed by atoms with Crippen molar-refractivity contribution in [1.29, 1.82) is 0 Å². The van der Waals surface area contributed by atoms with Crippen molar-refractivity contribution in [3.63, 3.8) is 0 Å². The molecular weight excluding hydrogens is 238 g/mol. The van der Waals surface area contributed by atoms with Gasteiger partial charge in [0.05, 0.1) is 25.0 Å². The fourth-order valence-corrected chi connectivity index (χ4v) is 3.23. The van der Waals surface area contributed by atoms with Gasteiger partial charge in [-0.25, -0.2) is 0 Å². The van der Waals surface area contributed by atoms with Crippen LogP contribution in [0.4, 0.5) is 0 Å². The summed E-state index contributed by atoms with van der Waals surface area (Å²) in [5, 5.41) is 4.35. The molecule has 0 spiro atoms. The molecule has 1 aliphatic rings. The Kier molecular flexibility index (Phi) is 5.25. The second-order valence-corrected chi connectivity index (χ2v) is 5.61. The molecule has 1 aromatic heterocycles. The van der Waals surface area contributed by atoms with Crippen molar-refractivity contribution < 1.29 is 4.74 Å². The average Bonchev–Trinajstić information content (AvgIpc) is 2.68. The molecule has 2 rings (SSSR count). The molecule has 4 heteroatoms. The predicted octanol–water partition coefficient (Wildman–Crippen LogP) is 3.27. The summed E-state index contributed by atoms with van der Waals surface area (Å²) in [6, 6.07) is 0.0421. The monoisotopic (exact) mass is 265 g/mol. The highest BCUT2D eigenvalue weighted by atomic mass is 16.5. The number of rotatable bonds is 5. The molecule has 1 aliphatic carbocycles. The van der Waals surface area contributed by atoms with E-state index in [2.05, 4.69) is 12.0 Å². The molecule has 1 aromatic rings. The van der Waals surface area contributed by atoms with E-state index >= 15 is 0 Å². The Hall–Kier alpha value is -1.03. The molecule has 2 N–H and O–H groups in total. The first-order valence-electron chi connectivity index (χ1n) is 7.61. The molecule has 0 radical (unpaired) electrons. The molecule has 0 amide bonds. The van der Waals surface area contributed by atoms with Crippen molar-refractivity contribution >= 4 is 0 Å². The van der Waals surface area contributed by atoms with Gasteiger partial charge in [-0.3, -0.25) is 4.68 Å². The van der Waals surface area contributed by atoms with Crippen LogP contribution in [-0.2, 0) is 6.54 Å². The van der Waals surface area contributed by atoms with Gasteiger partial charge in [0.25, 0.3) is 0 Å². The number of hydrogen-bond acceptors (Lipinski definition) is 3. The van der Waals surface area contributed by atoms with Gasteiger partial charge in [-0.05, 0) is 19.3 Å². The first-order valence-corrected chi connectivity index (χ1v) is 7.61. The van der Waals surface area contributed by atoms with Gasteiger partial charge in [-0.15, -0.1) is 0 Å². The minimum absolute atomic E-state index is 0.0421. The van der Waals surface area contributed by atoms with Crippen LogP contribution in [0.3, 0.4) is 0 Å². The highest BCUT2D eigenvalue weighted by molar-refractivity contribution is 5.28. The first-order chi connectivity index (χ1) is 9.26. The highest BCUT2D eigenvalue weighted by Crippen LogP contribution is 2.33. The standard InChI is InChI=1S/C15H27N3O/c1-3-18-15(14(19-2)11-17-18)13(16)10-12-8-6-4-5-7-9-12/h11-13H,3-10,16H2,1-2H3. The van der Waals surface area contributed by atoms with E-state index in [-0.39, 0.29) is 6.04 Å². The molecule has 4 nitrogen and oxygen atoms in total. The summed E-state index contributed by atoms with van der Waals surface area (Å²) < 4.78 is 7.37. The summed E-state index contributed by atoms with van der Waals surface area (Å²) in [5.41, 5.74) is 7.50. The number of nitrogens with two attached hydrogens (primary N) is 1. The van der Waals surface area contributed by atoms with Crippen LogP contribution in [0, 0.1) is 5.92 Å². The third-order valence-corrected chi connectivity index (χ3v) is 4.28. The SMILES string of the molecule is CCn1ncc(OC)c1C(N)CC1CCCCCC1. The van der Waals surface area contributed by atoms with Crippen molar-refractivity contribution in [3.05, 3.63) is 11.9 Å². The van der Waals surface area contributed by atoms with Crippen molar-refractivity contribution in [2.75, 3.05) is 7.11 Å². The summed E-state index contributed by atoms with van der Waals surface area (Å²) in [6.45, 7) is 2.94. The zero-order valence-corrected chi connectivity index (χ0v) is 12.3. The van der Waals surface area contributed by atoms with Gasteiger partial charge in [0.15, 0.2) is 5.75 Å². The average molecular weight is 265 g/mol. The number of aromatic nitrogens is 2. The molecule has 19 heavy (non-hydrogen) atoms. The minimum Gasteiger partial charge on any atom is -0.493 e. The Bertz CT molecular complexity index is 359. The lowest BCUT2D eigenvalue weighted by atomic mass is 9.91. The van der Waals surface area contributed by atoms with Crippen LogP contribution in [0.1, 0.15) is 63.6 Å². The topological polar surface area (TPSA) is 53.1 Å². The van der Waals surface area contributed by atoms with Gasteiger partial charge < -0.3 is 10.5 Å². The van der Waals surface area contributed by atoms with Gasteiger partial charge >= 0.3 is 0 Å². The van der Waals surface area contributed by atoms with Crippen molar-refractivity contribution in [1.82, 2.24) is 9.78 Å². The molecule has 1 atom stereocenters. The fraction of sp³-hybridized carbons (Fsp3) is 0.800. The lowest BCUT2D eigenvalue weighted by Gasteiger charge is -2.20. The van der Waals surface area contributed by atoms with Crippen molar-refractivity contribution in [2.24, 2.45) is 11.7 Å². The Balaban J connectivity index is 2.05. The second-order valence-electron chi connectivity index (χ2n) is 5.61. The fourth-order valence-electron chi connectivity index (χ4n) is 3.23. The molecule has 0 saturated heterocycles. The summed E-state index contributed by atoms with van der Waals surface area (Å²) >= 11 is 0. The predicted molar refractivity (Wildman–Crippen MR) is 77.2 cm³/mol. The van der Waals surface area contributed by atoms with Gasteiger partial charge in [0.2, 0.25) is 0 Å². The van der Waals surface area contributed by atoms with Crippen LogP contribution in [0.2, 0.25) is 0 Å². The zero-order chi connectivity index (χ0) is 13.7. The first kappa shape index (κ1) is 14.4. The van der Waals surface area contributed by atoms with E-state index in [1.54, 1.807) is 13.3 Å². The van der Waals surface area contributed by atoms with Gasteiger partial charge in [-0.2, -0.15) is 5.10 Å². The third kappa shape index (κ3) is 3.50. The molecule has 1 saturated carbocycles. The Morgan fingerprint density at radius 1 is 1.37 bits per heavy atom. The van der Waals surface area contributed by atoms with E-state index in [0.717, 1.165) is 30.3 Å². The van der Waals surface area contributed by atoms with E-state index < -0.39 is 0 Å². The summed E-state index contributed by atoms with van der Waals surface area (Å²) in [5.74, 6) is 1.60. The van der Waals surface area contributed by atoms with E-state index in [0.29, 0.717) is 0 Å². The summed E-state index contributed by atoms with van der Waals surface area (Å²) in [6.07, 6.45) is 11.0. The van der Waals surface area contributed by atoms with E-state index in [1.165, 1.54) is 38.5 Å². The van der Waals surface area contributed by atoms with Crippen molar-refractivity contribution in [2.45, 2.75) is 64.5 Å². The maximum absolute atomic E-state index is 6.43. The Morgan fingerprint density at radius 3 is 2.63 bits per heavy atom. The zero-order valence-electron chi connectivity index (χ0n) is 12.3. The summed E-state index contributed by atoms with van der Waals surface area (Å²) in [4.78, 5) is 0. The number of methoxy groups -OCH3 is 1. The number of aryl methyl sites for hydroxylation is 1. The smallest absolute Gasteiger partial charge is 0.161 e. The van der Waals surface area contributed by atoms with E-state index in [4.69, 9.17) is 10.5 Å². The lowest BCUT2D eigenvalue weighted by Crippen LogP contribution is -2.20. The maximum atomic E-state index is 6.43. The molecule has 0 aromatic carbocycles. The molecular formula is C15H27N3O.